The molecule has 2 aromatic carbocycles. The van der Waals surface area contributed by atoms with Crippen LogP contribution < -0.4 is 9.47 Å². The van der Waals surface area contributed by atoms with Gasteiger partial charge in [-0.1, -0.05) is 36.4 Å². The van der Waals surface area contributed by atoms with Crippen molar-refractivity contribution >= 4 is 0 Å². The molecule has 0 radical (unpaired) electrons. The van der Waals surface area contributed by atoms with Crippen LogP contribution >= 0.6 is 0 Å². The largest absolute Gasteiger partial charge is 0.454 e. The van der Waals surface area contributed by atoms with Crippen LogP contribution in [0.3, 0.4) is 0 Å². The molecule has 1 saturated carbocycles. The minimum absolute atomic E-state index is 0.0240. The summed E-state index contributed by atoms with van der Waals surface area (Å²) in [5, 5.41) is 11.3. The maximum absolute atomic E-state index is 11.3. The summed E-state index contributed by atoms with van der Waals surface area (Å²) in [6.07, 6.45) is 3.27. The van der Waals surface area contributed by atoms with Crippen molar-refractivity contribution in [3.63, 3.8) is 0 Å². The Morgan fingerprint density at radius 2 is 1.52 bits per heavy atom. The van der Waals surface area contributed by atoms with Gasteiger partial charge in [0.15, 0.2) is 11.5 Å². The van der Waals surface area contributed by atoms with Crippen LogP contribution in [0.2, 0.25) is 0 Å². The number of aliphatic hydroxyl groups is 1. The monoisotopic (exact) mass is 339 g/mol. The third kappa shape index (κ3) is 2.70. The zero-order valence-electron chi connectivity index (χ0n) is 14.9. The van der Waals surface area contributed by atoms with Gasteiger partial charge in [-0.15, -0.1) is 0 Å². The van der Waals surface area contributed by atoms with Gasteiger partial charge in [0.05, 0.1) is 5.60 Å². The van der Waals surface area contributed by atoms with Gasteiger partial charge in [0.25, 0.3) is 0 Å². The van der Waals surface area contributed by atoms with E-state index >= 15 is 0 Å². The first-order valence-corrected chi connectivity index (χ1v) is 8.89. The Morgan fingerprint density at radius 3 is 2.20 bits per heavy atom. The number of fused-ring (bicyclic) bond motifs is 1. The summed E-state index contributed by atoms with van der Waals surface area (Å²) in [6.45, 7) is 0.259. The lowest BCUT2D eigenvalue weighted by Crippen LogP contribution is -2.48. The summed E-state index contributed by atoms with van der Waals surface area (Å²) in [6, 6.07) is 16.5. The topological polar surface area (TPSA) is 41.9 Å². The van der Waals surface area contributed by atoms with Crippen molar-refractivity contribution in [1.82, 2.24) is 4.90 Å². The van der Waals surface area contributed by atoms with Gasteiger partial charge < -0.3 is 14.6 Å². The summed E-state index contributed by atoms with van der Waals surface area (Å²) < 4.78 is 10.9. The number of benzene rings is 2. The average Bonchev–Trinajstić information content (AvgIpc) is 3.11. The van der Waals surface area contributed by atoms with Crippen molar-refractivity contribution < 1.29 is 14.6 Å². The summed E-state index contributed by atoms with van der Waals surface area (Å²) in [5.74, 6) is 1.49. The van der Waals surface area contributed by atoms with Gasteiger partial charge in [0, 0.05) is 5.54 Å². The van der Waals surface area contributed by atoms with Crippen LogP contribution in [-0.2, 0) is 11.1 Å². The molecule has 0 amide bonds. The van der Waals surface area contributed by atoms with E-state index in [1.54, 1.807) is 0 Å². The standard InChI is InChI=1S/C21H25NO3/c1-22(2)20(16-6-4-3-5-7-16)10-12-21(23,13-11-20)17-8-9-18-19(14-17)25-15-24-18/h3-9,14,23H,10-13,15H2,1-2H3. The molecule has 0 unspecified atom stereocenters. The van der Waals surface area contributed by atoms with Gasteiger partial charge in [-0.25, -0.2) is 0 Å². The van der Waals surface area contributed by atoms with E-state index in [1.807, 2.05) is 18.2 Å². The molecule has 0 aromatic heterocycles. The van der Waals surface area contributed by atoms with Gasteiger partial charge in [-0.2, -0.15) is 0 Å². The summed E-state index contributed by atoms with van der Waals surface area (Å²) in [5.41, 5.74) is 1.42. The third-order valence-corrected chi connectivity index (χ3v) is 5.98. The number of hydrogen-bond donors (Lipinski definition) is 1. The van der Waals surface area contributed by atoms with E-state index in [0.29, 0.717) is 0 Å². The van der Waals surface area contributed by atoms with Crippen LogP contribution in [0.5, 0.6) is 11.5 Å². The molecule has 1 fully saturated rings. The molecule has 4 heteroatoms. The second kappa shape index (κ2) is 6.04. The zero-order chi connectivity index (χ0) is 17.5. The fourth-order valence-electron chi connectivity index (χ4n) is 4.29. The van der Waals surface area contributed by atoms with E-state index in [2.05, 4.69) is 49.3 Å². The predicted octanol–water partition coefficient (Wildman–Crippen LogP) is 3.63. The highest BCUT2D eigenvalue weighted by Crippen LogP contribution is 2.49. The molecule has 1 heterocycles. The molecular formula is C21H25NO3. The first-order valence-electron chi connectivity index (χ1n) is 8.89. The Bertz CT molecular complexity index is 749. The first-order chi connectivity index (χ1) is 12.0. The molecular weight excluding hydrogens is 314 g/mol. The molecule has 4 rings (SSSR count). The van der Waals surface area contributed by atoms with Crippen LogP contribution in [0, 0.1) is 0 Å². The van der Waals surface area contributed by atoms with E-state index in [1.165, 1.54) is 5.56 Å². The maximum atomic E-state index is 11.3. The average molecular weight is 339 g/mol. The Balaban J connectivity index is 1.61. The zero-order valence-corrected chi connectivity index (χ0v) is 14.9. The van der Waals surface area contributed by atoms with E-state index in [0.717, 1.165) is 42.7 Å². The van der Waals surface area contributed by atoms with Crippen molar-refractivity contribution in [3.05, 3.63) is 59.7 Å². The Morgan fingerprint density at radius 1 is 0.840 bits per heavy atom. The van der Waals surface area contributed by atoms with Gasteiger partial charge >= 0.3 is 0 Å². The minimum Gasteiger partial charge on any atom is -0.454 e. The van der Waals surface area contributed by atoms with Crippen LogP contribution in [0.25, 0.3) is 0 Å². The fraction of sp³-hybridized carbons (Fsp3) is 0.429. The number of nitrogens with zero attached hydrogens (tertiary/aromatic N) is 1. The highest BCUT2D eigenvalue weighted by Gasteiger charge is 2.45. The molecule has 1 aliphatic heterocycles. The molecule has 2 aromatic rings. The molecule has 0 atom stereocenters. The van der Waals surface area contributed by atoms with Crippen LogP contribution in [0.1, 0.15) is 36.8 Å². The quantitative estimate of drug-likeness (QED) is 0.927. The molecule has 132 valence electrons. The lowest BCUT2D eigenvalue weighted by molar-refractivity contribution is -0.0509. The molecule has 0 bridgehead atoms. The van der Waals surface area contributed by atoms with Crippen molar-refractivity contribution in [2.24, 2.45) is 0 Å². The normalized spacial score (nSPS) is 28.3. The highest BCUT2D eigenvalue weighted by atomic mass is 16.7. The van der Waals surface area contributed by atoms with Crippen LogP contribution in [0.15, 0.2) is 48.5 Å². The van der Waals surface area contributed by atoms with Gasteiger partial charge in [-0.3, -0.25) is 4.90 Å². The van der Waals surface area contributed by atoms with Crippen molar-refractivity contribution in [2.45, 2.75) is 36.8 Å². The van der Waals surface area contributed by atoms with Crippen molar-refractivity contribution in [1.29, 1.82) is 0 Å². The van der Waals surface area contributed by atoms with E-state index < -0.39 is 5.60 Å². The SMILES string of the molecule is CN(C)C1(c2ccccc2)CCC(O)(c2ccc3c(c2)OCO3)CC1. The molecule has 2 aliphatic rings. The molecule has 4 nitrogen and oxygen atoms in total. The summed E-state index contributed by atoms with van der Waals surface area (Å²) >= 11 is 0. The number of rotatable bonds is 3. The summed E-state index contributed by atoms with van der Waals surface area (Å²) in [7, 11) is 4.27. The maximum Gasteiger partial charge on any atom is 0.231 e. The number of ether oxygens (including phenoxy) is 2. The van der Waals surface area contributed by atoms with Crippen molar-refractivity contribution in [3.8, 4) is 11.5 Å². The van der Waals surface area contributed by atoms with Gasteiger partial charge in [0.1, 0.15) is 0 Å². The molecule has 1 N–H and O–H groups in total. The smallest absolute Gasteiger partial charge is 0.231 e. The van der Waals surface area contributed by atoms with E-state index in [4.69, 9.17) is 9.47 Å². The van der Waals surface area contributed by atoms with E-state index in [9.17, 15) is 5.11 Å². The Kier molecular flexibility index (Phi) is 3.97. The predicted molar refractivity (Wildman–Crippen MR) is 96.7 cm³/mol. The second-order valence-corrected chi connectivity index (χ2v) is 7.39. The van der Waals surface area contributed by atoms with Crippen molar-refractivity contribution in [2.75, 3.05) is 20.9 Å². The second-order valence-electron chi connectivity index (χ2n) is 7.39. The number of hydrogen-bond acceptors (Lipinski definition) is 4. The Hall–Kier alpha value is -2.04. The molecule has 0 saturated heterocycles. The minimum atomic E-state index is -0.810. The lowest BCUT2D eigenvalue weighted by atomic mass is 9.68. The Labute approximate surface area is 149 Å². The van der Waals surface area contributed by atoms with Crippen LogP contribution in [0.4, 0.5) is 0 Å². The lowest BCUT2D eigenvalue weighted by Gasteiger charge is -2.48. The first kappa shape index (κ1) is 16.4. The molecule has 1 aliphatic carbocycles. The fourth-order valence-corrected chi connectivity index (χ4v) is 4.29. The summed E-state index contributed by atoms with van der Waals surface area (Å²) in [4.78, 5) is 2.31. The third-order valence-electron chi connectivity index (χ3n) is 5.98. The van der Waals surface area contributed by atoms with Crippen LogP contribution in [-0.4, -0.2) is 30.9 Å². The highest BCUT2D eigenvalue weighted by molar-refractivity contribution is 5.46. The molecule has 25 heavy (non-hydrogen) atoms. The van der Waals surface area contributed by atoms with Gasteiger partial charge in [-0.05, 0) is 63.0 Å². The van der Waals surface area contributed by atoms with E-state index in [-0.39, 0.29) is 12.3 Å². The van der Waals surface area contributed by atoms with Gasteiger partial charge in [0.2, 0.25) is 6.79 Å². The molecule has 0 spiro atoms.